The van der Waals surface area contributed by atoms with E-state index in [1.54, 1.807) is 18.2 Å². The number of ether oxygens (including phenoxy) is 1. The monoisotopic (exact) mass is 362 g/mol. The number of nitro benzene ring substituents is 1. The van der Waals surface area contributed by atoms with Crippen molar-refractivity contribution in [1.29, 1.82) is 0 Å². The number of non-ortho nitro benzene ring substituents is 1. The molecular formula is C16H8Cl2N2O4. The molecule has 6 nitrogen and oxygen atoms in total. The number of aliphatic imine (C=N–C) groups is 1. The zero-order chi connectivity index (χ0) is 17.3. The zero-order valence-corrected chi connectivity index (χ0v) is 13.4. The van der Waals surface area contributed by atoms with Crippen molar-refractivity contribution in [2.24, 2.45) is 4.99 Å². The fourth-order valence-corrected chi connectivity index (χ4v) is 2.32. The Labute approximate surface area is 146 Å². The fraction of sp³-hybridized carbons (Fsp3) is 0. The Balaban J connectivity index is 1.90. The maximum atomic E-state index is 11.9. The van der Waals surface area contributed by atoms with Crippen molar-refractivity contribution in [3.8, 4) is 0 Å². The lowest BCUT2D eigenvalue weighted by molar-refractivity contribution is -0.384. The van der Waals surface area contributed by atoms with E-state index in [0.717, 1.165) is 0 Å². The van der Waals surface area contributed by atoms with Gasteiger partial charge in [0.15, 0.2) is 5.70 Å². The Morgan fingerprint density at radius 1 is 1.08 bits per heavy atom. The smallest absolute Gasteiger partial charge is 0.363 e. The number of carbonyl (C=O) groups is 1. The van der Waals surface area contributed by atoms with Crippen LogP contribution in [-0.4, -0.2) is 16.8 Å². The van der Waals surface area contributed by atoms with Gasteiger partial charge >= 0.3 is 5.97 Å². The summed E-state index contributed by atoms with van der Waals surface area (Å²) in [5.74, 6) is -0.532. The van der Waals surface area contributed by atoms with Gasteiger partial charge < -0.3 is 4.74 Å². The number of rotatable bonds is 3. The molecule has 0 aliphatic carbocycles. The predicted octanol–water partition coefficient (Wildman–Crippen LogP) is 4.25. The standard InChI is InChI=1S/C16H8Cl2N2O4/c17-12-6-1-9(7-13(12)18)8-14-16(21)24-15(19-14)10-2-4-11(5-3-10)20(22)23/h1-8H/b14-8-. The van der Waals surface area contributed by atoms with Gasteiger partial charge in [-0.05, 0) is 35.9 Å². The molecule has 0 unspecified atom stereocenters. The van der Waals surface area contributed by atoms with Gasteiger partial charge in [-0.15, -0.1) is 0 Å². The van der Waals surface area contributed by atoms with Gasteiger partial charge in [-0.25, -0.2) is 9.79 Å². The number of nitro groups is 1. The van der Waals surface area contributed by atoms with E-state index in [4.69, 9.17) is 27.9 Å². The van der Waals surface area contributed by atoms with Gasteiger partial charge in [0.2, 0.25) is 5.90 Å². The molecule has 0 spiro atoms. The highest BCUT2D eigenvalue weighted by atomic mass is 35.5. The summed E-state index contributed by atoms with van der Waals surface area (Å²) in [5.41, 5.74) is 1.15. The quantitative estimate of drug-likeness (QED) is 0.353. The number of esters is 1. The third-order valence-electron chi connectivity index (χ3n) is 3.19. The number of halogens is 2. The topological polar surface area (TPSA) is 81.8 Å². The van der Waals surface area contributed by atoms with Crippen LogP contribution in [0, 0.1) is 10.1 Å². The van der Waals surface area contributed by atoms with E-state index in [0.29, 0.717) is 21.2 Å². The van der Waals surface area contributed by atoms with Crippen molar-refractivity contribution in [3.05, 3.63) is 79.4 Å². The molecule has 2 aromatic carbocycles. The Kier molecular flexibility index (Phi) is 4.33. The van der Waals surface area contributed by atoms with Crippen LogP contribution in [0.2, 0.25) is 10.0 Å². The highest BCUT2D eigenvalue weighted by Gasteiger charge is 2.24. The van der Waals surface area contributed by atoms with Crippen molar-refractivity contribution >= 4 is 46.8 Å². The van der Waals surface area contributed by atoms with Gasteiger partial charge in [0, 0.05) is 17.7 Å². The van der Waals surface area contributed by atoms with Crippen LogP contribution in [0.25, 0.3) is 6.08 Å². The van der Waals surface area contributed by atoms with Crippen molar-refractivity contribution < 1.29 is 14.5 Å². The average Bonchev–Trinajstić information content (AvgIpc) is 2.92. The summed E-state index contributed by atoms with van der Waals surface area (Å²) in [6.45, 7) is 0. The molecule has 0 saturated heterocycles. The third-order valence-corrected chi connectivity index (χ3v) is 3.93. The van der Waals surface area contributed by atoms with Crippen LogP contribution in [0.1, 0.15) is 11.1 Å². The Morgan fingerprint density at radius 2 is 1.79 bits per heavy atom. The number of cyclic esters (lactones) is 1. The number of carbonyl (C=O) groups excluding carboxylic acids is 1. The third kappa shape index (κ3) is 3.29. The lowest BCUT2D eigenvalue weighted by Crippen LogP contribution is -2.05. The van der Waals surface area contributed by atoms with Gasteiger partial charge in [-0.1, -0.05) is 29.3 Å². The molecule has 0 radical (unpaired) electrons. The molecule has 0 bridgehead atoms. The summed E-state index contributed by atoms with van der Waals surface area (Å²) in [6.07, 6.45) is 1.52. The number of hydrogen-bond acceptors (Lipinski definition) is 5. The van der Waals surface area contributed by atoms with Crippen LogP contribution >= 0.6 is 23.2 Å². The van der Waals surface area contributed by atoms with E-state index in [1.165, 1.54) is 30.3 Å². The molecule has 0 fully saturated rings. The highest BCUT2D eigenvalue weighted by molar-refractivity contribution is 6.42. The highest BCUT2D eigenvalue weighted by Crippen LogP contribution is 2.25. The summed E-state index contributed by atoms with van der Waals surface area (Å²) in [5, 5.41) is 11.4. The molecule has 0 saturated carbocycles. The molecule has 3 rings (SSSR count). The molecule has 0 atom stereocenters. The molecule has 1 aliphatic rings. The molecule has 2 aromatic rings. The van der Waals surface area contributed by atoms with Crippen molar-refractivity contribution in [2.45, 2.75) is 0 Å². The molecule has 0 aromatic heterocycles. The second kappa shape index (κ2) is 6.43. The minimum Gasteiger partial charge on any atom is -0.402 e. The van der Waals surface area contributed by atoms with Gasteiger partial charge in [-0.3, -0.25) is 10.1 Å². The first-order valence-corrected chi connectivity index (χ1v) is 7.42. The van der Waals surface area contributed by atoms with Crippen molar-refractivity contribution in [2.75, 3.05) is 0 Å². The minimum absolute atomic E-state index is 0.0600. The molecule has 120 valence electrons. The maximum absolute atomic E-state index is 11.9. The lowest BCUT2D eigenvalue weighted by Gasteiger charge is -1.98. The van der Waals surface area contributed by atoms with E-state index in [9.17, 15) is 14.9 Å². The van der Waals surface area contributed by atoms with Crippen LogP contribution in [-0.2, 0) is 9.53 Å². The first kappa shape index (κ1) is 16.2. The summed E-state index contributed by atoms with van der Waals surface area (Å²) < 4.78 is 5.10. The van der Waals surface area contributed by atoms with Crippen LogP contribution in [0.5, 0.6) is 0 Å². The van der Waals surface area contributed by atoms with Crippen molar-refractivity contribution in [3.63, 3.8) is 0 Å². The second-order valence-electron chi connectivity index (χ2n) is 4.81. The number of nitrogens with zero attached hydrogens (tertiary/aromatic N) is 2. The fourth-order valence-electron chi connectivity index (χ4n) is 2.02. The van der Waals surface area contributed by atoms with E-state index in [-0.39, 0.29) is 17.3 Å². The first-order chi connectivity index (χ1) is 11.4. The van der Waals surface area contributed by atoms with Crippen LogP contribution < -0.4 is 0 Å². The molecule has 1 aliphatic heterocycles. The van der Waals surface area contributed by atoms with E-state index in [1.807, 2.05) is 0 Å². The summed E-state index contributed by atoms with van der Waals surface area (Å²) in [7, 11) is 0. The zero-order valence-electron chi connectivity index (χ0n) is 11.9. The van der Waals surface area contributed by atoms with Crippen LogP contribution in [0.4, 0.5) is 5.69 Å². The summed E-state index contributed by atoms with van der Waals surface area (Å²) in [4.78, 5) is 26.2. The molecular weight excluding hydrogens is 355 g/mol. The van der Waals surface area contributed by atoms with Gasteiger partial charge in [0.05, 0.1) is 15.0 Å². The molecule has 8 heteroatoms. The normalized spacial score (nSPS) is 15.3. The Hall–Kier alpha value is -2.70. The minimum atomic E-state index is -0.616. The maximum Gasteiger partial charge on any atom is 0.363 e. The summed E-state index contributed by atoms with van der Waals surface area (Å²) >= 11 is 11.8. The van der Waals surface area contributed by atoms with Gasteiger partial charge in [0.1, 0.15) is 0 Å². The predicted molar refractivity (Wildman–Crippen MR) is 90.2 cm³/mol. The summed E-state index contributed by atoms with van der Waals surface area (Å²) in [6, 6.07) is 10.5. The number of hydrogen-bond donors (Lipinski definition) is 0. The largest absolute Gasteiger partial charge is 0.402 e. The molecule has 0 amide bonds. The van der Waals surface area contributed by atoms with Gasteiger partial charge in [-0.2, -0.15) is 0 Å². The lowest BCUT2D eigenvalue weighted by atomic mass is 10.2. The van der Waals surface area contributed by atoms with Crippen LogP contribution in [0.15, 0.2) is 53.2 Å². The Bertz CT molecular complexity index is 905. The molecule has 24 heavy (non-hydrogen) atoms. The SMILES string of the molecule is O=C1OC(c2ccc([N+](=O)[O-])cc2)=N/C1=C\c1ccc(Cl)c(Cl)c1. The van der Waals surface area contributed by atoms with E-state index >= 15 is 0 Å². The molecule has 0 N–H and O–H groups in total. The van der Waals surface area contributed by atoms with Crippen molar-refractivity contribution in [1.82, 2.24) is 0 Å². The van der Waals surface area contributed by atoms with Crippen LogP contribution in [0.3, 0.4) is 0 Å². The first-order valence-electron chi connectivity index (χ1n) is 6.66. The Morgan fingerprint density at radius 3 is 2.42 bits per heavy atom. The second-order valence-corrected chi connectivity index (χ2v) is 5.63. The molecule has 1 heterocycles. The van der Waals surface area contributed by atoms with E-state index < -0.39 is 10.9 Å². The van der Waals surface area contributed by atoms with Gasteiger partial charge in [0.25, 0.3) is 5.69 Å². The van der Waals surface area contributed by atoms with E-state index in [2.05, 4.69) is 4.99 Å². The average molecular weight is 363 g/mol. The number of benzene rings is 2.